The third kappa shape index (κ3) is 4.64. The van der Waals surface area contributed by atoms with Crippen LogP contribution in [0.2, 0.25) is 0 Å². The minimum Gasteiger partial charge on any atom is -0.378 e. The van der Waals surface area contributed by atoms with E-state index in [0.717, 1.165) is 10.0 Å². The number of benzene rings is 2. The number of amides is 1. The van der Waals surface area contributed by atoms with Gasteiger partial charge >= 0.3 is 0 Å². The molecule has 1 aliphatic rings. The molecule has 0 spiro atoms. The quantitative estimate of drug-likeness (QED) is 0.532. The second kappa shape index (κ2) is 8.49. The molecule has 0 atom stereocenters. The number of nitro benzene ring substituents is 1. The molecule has 7 nitrogen and oxygen atoms in total. The van der Waals surface area contributed by atoms with Gasteiger partial charge in [-0.3, -0.25) is 14.9 Å². The molecule has 0 bridgehead atoms. The third-order valence-corrected chi connectivity index (χ3v) is 4.99. The second-order valence-electron chi connectivity index (χ2n) is 6.35. The van der Waals surface area contributed by atoms with Crippen molar-refractivity contribution in [1.82, 2.24) is 4.90 Å². The maximum absolute atomic E-state index is 12.6. The molecular formula is C19H20BrN3O4. The van der Waals surface area contributed by atoms with Crippen LogP contribution in [0.5, 0.6) is 0 Å². The van der Waals surface area contributed by atoms with Gasteiger partial charge in [-0.25, -0.2) is 0 Å². The number of rotatable bonds is 5. The Bertz CT molecular complexity index is 835. The predicted molar refractivity (Wildman–Crippen MR) is 106 cm³/mol. The van der Waals surface area contributed by atoms with Crippen molar-refractivity contribution in [3.63, 3.8) is 0 Å². The van der Waals surface area contributed by atoms with Crippen LogP contribution in [0.3, 0.4) is 0 Å². The van der Waals surface area contributed by atoms with Gasteiger partial charge in [-0.2, -0.15) is 0 Å². The Hall–Kier alpha value is -2.45. The number of hydrogen-bond donors (Lipinski definition) is 0. The van der Waals surface area contributed by atoms with E-state index in [9.17, 15) is 14.9 Å². The summed E-state index contributed by atoms with van der Waals surface area (Å²) in [6, 6.07) is 12.4. The fraction of sp³-hybridized carbons (Fsp3) is 0.316. The lowest BCUT2D eigenvalue weighted by Crippen LogP contribution is -2.40. The summed E-state index contributed by atoms with van der Waals surface area (Å²) in [5.74, 6) is -0.205. The standard InChI is InChI=1S/C19H20BrN3O4/c1-21(13-14-2-5-16(20)6-3-14)17-7-4-15(12-18(17)23(25)26)19(24)22-8-10-27-11-9-22/h2-7,12H,8-11,13H2,1H3. The SMILES string of the molecule is CN(Cc1ccc(Br)cc1)c1ccc(C(=O)N2CCOCC2)cc1[N+](=O)[O-]. The molecule has 1 fully saturated rings. The van der Waals surface area contributed by atoms with Gasteiger partial charge in [-0.1, -0.05) is 28.1 Å². The fourth-order valence-corrected chi connectivity index (χ4v) is 3.29. The number of halogens is 1. The first-order valence-electron chi connectivity index (χ1n) is 8.57. The average Bonchev–Trinajstić information content (AvgIpc) is 2.69. The molecule has 2 aromatic rings. The Balaban J connectivity index is 1.83. The first-order chi connectivity index (χ1) is 13.0. The first kappa shape index (κ1) is 19.3. The molecule has 27 heavy (non-hydrogen) atoms. The number of nitrogens with zero attached hydrogens (tertiary/aromatic N) is 3. The van der Waals surface area contributed by atoms with Crippen LogP contribution in [0.25, 0.3) is 0 Å². The van der Waals surface area contributed by atoms with Crippen molar-refractivity contribution in [2.45, 2.75) is 6.54 Å². The third-order valence-electron chi connectivity index (χ3n) is 4.46. The van der Waals surface area contributed by atoms with E-state index in [1.54, 1.807) is 24.1 Å². The summed E-state index contributed by atoms with van der Waals surface area (Å²) in [7, 11) is 1.80. The van der Waals surface area contributed by atoms with Gasteiger partial charge in [-0.05, 0) is 29.8 Å². The smallest absolute Gasteiger partial charge is 0.293 e. The molecule has 3 rings (SSSR count). The Labute approximate surface area is 165 Å². The van der Waals surface area contributed by atoms with Crippen LogP contribution in [-0.4, -0.2) is 49.1 Å². The van der Waals surface area contributed by atoms with Crippen LogP contribution < -0.4 is 4.90 Å². The van der Waals surface area contributed by atoms with Crippen LogP contribution in [0.15, 0.2) is 46.9 Å². The van der Waals surface area contributed by atoms with Crippen LogP contribution in [-0.2, 0) is 11.3 Å². The van der Waals surface area contributed by atoms with Crippen molar-refractivity contribution in [2.24, 2.45) is 0 Å². The lowest BCUT2D eigenvalue weighted by Gasteiger charge is -2.27. The van der Waals surface area contributed by atoms with Gasteiger partial charge < -0.3 is 14.5 Å². The van der Waals surface area contributed by atoms with E-state index in [1.165, 1.54) is 6.07 Å². The summed E-state index contributed by atoms with van der Waals surface area (Å²) >= 11 is 3.39. The molecule has 1 heterocycles. The summed E-state index contributed by atoms with van der Waals surface area (Å²) in [5.41, 5.74) is 1.75. The molecule has 0 unspecified atom stereocenters. The van der Waals surface area contributed by atoms with Gasteiger partial charge in [0.15, 0.2) is 0 Å². The zero-order valence-corrected chi connectivity index (χ0v) is 16.5. The van der Waals surface area contributed by atoms with Gasteiger partial charge in [-0.15, -0.1) is 0 Å². The summed E-state index contributed by atoms with van der Waals surface area (Å²) in [5, 5.41) is 11.6. The number of carbonyl (C=O) groups is 1. The topological polar surface area (TPSA) is 75.9 Å². The normalized spacial score (nSPS) is 14.1. The molecule has 1 saturated heterocycles. The minimum absolute atomic E-state index is 0.0753. The van der Waals surface area contributed by atoms with Gasteiger partial charge in [0.05, 0.1) is 18.1 Å². The van der Waals surface area contributed by atoms with Crippen molar-refractivity contribution in [2.75, 3.05) is 38.3 Å². The summed E-state index contributed by atoms with van der Waals surface area (Å²) in [4.78, 5) is 27.2. The van der Waals surface area contributed by atoms with E-state index in [0.29, 0.717) is 44.1 Å². The highest BCUT2D eigenvalue weighted by Crippen LogP contribution is 2.30. The molecule has 0 aliphatic carbocycles. The van der Waals surface area contributed by atoms with E-state index in [-0.39, 0.29) is 11.6 Å². The van der Waals surface area contributed by atoms with Crippen LogP contribution in [0.4, 0.5) is 11.4 Å². The predicted octanol–water partition coefficient (Wildman–Crippen LogP) is 3.47. The molecule has 0 aromatic heterocycles. The highest BCUT2D eigenvalue weighted by molar-refractivity contribution is 9.10. The molecular weight excluding hydrogens is 414 g/mol. The fourth-order valence-electron chi connectivity index (χ4n) is 3.02. The Morgan fingerprint density at radius 3 is 2.52 bits per heavy atom. The number of hydrogen-bond acceptors (Lipinski definition) is 5. The van der Waals surface area contributed by atoms with Gasteiger partial charge in [0.1, 0.15) is 5.69 Å². The van der Waals surface area contributed by atoms with E-state index in [4.69, 9.17) is 4.74 Å². The molecule has 0 saturated carbocycles. The molecule has 0 radical (unpaired) electrons. The molecule has 8 heteroatoms. The van der Waals surface area contributed by atoms with Gasteiger partial charge in [0.25, 0.3) is 11.6 Å². The van der Waals surface area contributed by atoms with Crippen molar-refractivity contribution in [3.05, 3.63) is 68.2 Å². The van der Waals surface area contributed by atoms with Crippen molar-refractivity contribution in [1.29, 1.82) is 0 Å². The minimum atomic E-state index is -0.441. The number of ether oxygens (including phenoxy) is 1. The maximum atomic E-state index is 12.6. The summed E-state index contributed by atoms with van der Waals surface area (Å²) < 4.78 is 6.23. The summed E-state index contributed by atoms with van der Waals surface area (Å²) in [6.07, 6.45) is 0. The van der Waals surface area contributed by atoms with Crippen molar-refractivity contribution >= 4 is 33.2 Å². The second-order valence-corrected chi connectivity index (χ2v) is 7.26. The molecule has 1 amide bonds. The molecule has 0 N–H and O–H groups in total. The average molecular weight is 434 g/mol. The van der Waals surface area contributed by atoms with Crippen LogP contribution in [0.1, 0.15) is 15.9 Å². The number of morpholine rings is 1. The highest BCUT2D eigenvalue weighted by atomic mass is 79.9. The lowest BCUT2D eigenvalue weighted by atomic mass is 10.1. The van der Waals surface area contributed by atoms with Gasteiger partial charge in [0.2, 0.25) is 0 Å². The van der Waals surface area contributed by atoms with Crippen molar-refractivity contribution < 1.29 is 14.5 Å². The van der Waals surface area contributed by atoms with Gasteiger partial charge in [0, 0.05) is 42.8 Å². The molecule has 1 aliphatic heterocycles. The van der Waals surface area contributed by atoms with E-state index >= 15 is 0 Å². The summed E-state index contributed by atoms with van der Waals surface area (Å²) in [6.45, 7) is 2.49. The highest BCUT2D eigenvalue weighted by Gasteiger charge is 2.24. The largest absolute Gasteiger partial charge is 0.378 e. The van der Waals surface area contributed by atoms with E-state index in [2.05, 4.69) is 15.9 Å². The maximum Gasteiger partial charge on any atom is 0.293 e. The Kier molecular flexibility index (Phi) is 6.08. The zero-order chi connectivity index (χ0) is 19.4. The number of anilines is 1. The monoisotopic (exact) mass is 433 g/mol. The zero-order valence-electron chi connectivity index (χ0n) is 14.9. The Morgan fingerprint density at radius 2 is 1.89 bits per heavy atom. The number of nitro groups is 1. The van der Waals surface area contributed by atoms with Crippen LogP contribution in [0, 0.1) is 10.1 Å². The lowest BCUT2D eigenvalue weighted by molar-refractivity contribution is -0.384. The number of carbonyl (C=O) groups excluding carboxylic acids is 1. The van der Waals surface area contributed by atoms with E-state index < -0.39 is 4.92 Å². The van der Waals surface area contributed by atoms with Crippen molar-refractivity contribution in [3.8, 4) is 0 Å². The Morgan fingerprint density at radius 1 is 1.22 bits per heavy atom. The van der Waals surface area contributed by atoms with Crippen LogP contribution >= 0.6 is 15.9 Å². The first-order valence-corrected chi connectivity index (χ1v) is 9.36. The molecule has 2 aromatic carbocycles. The molecule has 142 valence electrons. The van der Waals surface area contributed by atoms with E-state index in [1.807, 2.05) is 29.2 Å².